The summed E-state index contributed by atoms with van der Waals surface area (Å²) in [7, 11) is 0. The third kappa shape index (κ3) is 4.71. The van der Waals surface area contributed by atoms with Gasteiger partial charge in [0.05, 0.1) is 12.0 Å². The second-order valence-corrected chi connectivity index (χ2v) is 5.60. The van der Waals surface area contributed by atoms with Crippen molar-refractivity contribution in [3.63, 3.8) is 0 Å². The van der Waals surface area contributed by atoms with Crippen LogP contribution in [0.3, 0.4) is 0 Å². The largest absolute Gasteiger partial charge is 0.481 e. The van der Waals surface area contributed by atoms with Crippen LogP contribution in [0.4, 0.5) is 0 Å². The summed E-state index contributed by atoms with van der Waals surface area (Å²) in [6, 6.07) is 12.3. The highest BCUT2D eigenvalue weighted by molar-refractivity contribution is 5.78. The molecule has 5 nitrogen and oxygen atoms in total. The van der Waals surface area contributed by atoms with Crippen LogP contribution in [-0.2, 0) is 16.0 Å². The van der Waals surface area contributed by atoms with Gasteiger partial charge in [0.25, 0.3) is 0 Å². The molecule has 0 bridgehead atoms. The van der Waals surface area contributed by atoms with Crippen molar-refractivity contribution < 1.29 is 19.1 Å². The van der Waals surface area contributed by atoms with E-state index < -0.39 is 17.9 Å². The molecule has 1 heterocycles. The number of benzene rings is 1. The number of furan rings is 1. The first-order chi connectivity index (χ1) is 11.0. The second kappa shape index (κ2) is 7.63. The van der Waals surface area contributed by atoms with E-state index in [0.717, 1.165) is 17.1 Å². The third-order valence-electron chi connectivity index (χ3n) is 3.76. The summed E-state index contributed by atoms with van der Waals surface area (Å²) in [5, 5.41) is 12.1. The Kier molecular flexibility index (Phi) is 5.57. The van der Waals surface area contributed by atoms with E-state index in [1.54, 1.807) is 6.92 Å². The molecule has 0 saturated carbocycles. The zero-order valence-electron chi connectivity index (χ0n) is 13.3. The Hall–Kier alpha value is -2.56. The molecular weight excluding hydrogens is 294 g/mol. The summed E-state index contributed by atoms with van der Waals surface area (Å²) in [5.41, 5.74) is 0.782. The Morgan fingerprint density at radius 1 is 1.17 bits per heavy atom. The minimum atomic E-state index is -0.944. The molecule has 2 aromatic rings. The van der Waals surface area contributed by atoms with E-state index in [4.69, 9.17) is 4.42 Å². The molecule has 0 aliphatic carbocycles. The highest BCUT2D eigenvalue weighted by Crippen LogP contribution is 2.22. The Bertz CT molecular complexity index is 663. The molecule has 0 fully saturated rings. The van der Waals surface area contributed by atoms with Crippen LogP contribution in [0.5, 0.6) is 0 Å². The topological polar surface area (TPSA) is 79.5 Å². The van der Waals surface area contributed by atoms with E-state index >= 15 is 0 Å². The van der Waals surface area contributed by atoms with Crippen molar-refractivity contribution in [3.05, 3.63) is 59.5 Å². The van der Waals surface area contributed by atoms with Crippen molar-refractivity contribution in [1.29, 1.82) is 0 Å². The smallest absolute Gasteiger partial charge is 0.308 e. The zero-order chi connectivity index (χ0) is 16.8. The van der Waals surface area contributed by atoms with Gasteiger partial charge in [-0.1, -0.05) is 30.3 Å². The van der Waals surface area contributed by atoms with Crippen molar-refractivity contribution in [2.24, 2.45) is 5.92 Å². The summed E-state index contributed by atoms with van der Waals surface area (Å²) >= 11 is 0. The summed E-state index contributed by atoms with van der Waals surface area (Å²) in [4.78, 5) is 23.5. The Labute approximate surface area is 135 Å². The van der Waals surface area contributed by atoms with Gasteiger partial charge in [0.15, 0.2) is 0 Å². The lowest BCUT2D eigenvalue weighted by molar-refractivity contribution is -0.142. The Morgan fingerprint density at radius 3 is 2.43 bits per heavy atom. The van der Waals surface area contributed by atoms with Crippen molar-refractivity contribution in [2.45, 2.75) is 32.7 Å². The highest BCUT2D eigenvalue weighted by Gasteiger charge is 2.26. The van der Waals surface area contributed by atoms with Gasteiger partial charge in [-0.25, -0.2) is 0 Å². The highest BCUT2D eigenvalue weighted by atomic mass is 16.4. The molecule has 5 heteroatoms. The molecule has 2 N–H and O–H groups in total. The molecule has 1 aromatic carbocycles. The fourth-order valence-electron chi connectivity index (χ4n) is 2.40. The molecule has 0 spiro atoms. The number of carbonyl (C=O) groups is 2. The average molecular weight is 315 g/mol. The molecular formula is C18H21NO4. The fourth-order valence-corrected chi connectivity index (χ4v) is 2.40. The predicted octanol–water partition coefficient (Wildman–Crippen LogP) is 3.10. The lowest BCUT2D eigenvalue weighted by atomic mass is 9.94. The number of nitrogens with one attached hydrogen (secondary N) is 1. The zero-order valence-corrected chi connectivity index (χ0v) is 13.3. The molecule has 1 amide bonds. The molecule has 2 rings (SSSR count). The van der Waals surface area contributed by atoms with Gasteiger partial charge in [-0.15, -0.1) is 0 Å². The van der Waals surface area contributed by atoms with Crippen molar-refractivity contribution >= 4 is 11.9 Å². The summed E-state index contributed by atoms with van der Waals surface area (Å²) in [5.74, 6) is -0.295. The second-order valence-electron chi connectivity index (χ2n) is 5.60. The fraction of sp³-hybridized carbons (Fsp3) is 0.333. The number of rotatable bonds is 7. The van der Waals surface area contributed by atoms with E-state index in [9.17, 15) is 14.7 Å². The van der Waals surface area contributed by atoms with Crippen LogP contribution in [0.2, 0.25) is 0 Å². The Morgan fingerprint density at radius 2 is 1.87 bits per heavy atom. The van der Waals surface area contributed by atoms with E-state index in [-0.39, 0.29) is 12.3 Å². The van der Waals surface area contributed by atoms with Crippen molar-refractivity contribution in [2.75, 3.05) is 0 Å². The molecule has 1 aromatic heterocycles. The van der Waals surface area contributed by atoms with Crippen LogP contribution in [0, 0.1) is 12.8 Å². The number of carboxylic acids is 1. The minimum absolute atomic E-state index is 0.194. The predicted molar refractivity (Wildman–Crippen MR) is 85.9 cm³/mol. The van der Waals surface area contributed by atoms with Gasteiger partial charge in [0.2, 0.25) is 5.91 Å². The summed E-state index contributed by atoms with van der Waals surface area (Å²) < 4.78 is 5.44. The first kappa shape index (κ1) is 16.8. The summed E-state index contributed by atoms with van der Waals surface area (Å²) in [6.45, 7) is 3.44. The van der Waals surface area contributed by atoms with Crippen LogP contribution < -0.4 is 5.32 Å². The van der Waals surface area contributed by atoms with Crippen LogP contribution in [0.25, 0.3) is 0 Å². The molecule has 122 valence electrons. The molecule has 0 saturated heterocycles. The minimum Gasteiger partial charge on any atom is -0.481 e. The van der Waals surface area contributed by atoms with Crippen LogP contribution >= 0.6 is 0 Å². The number of carboxylic acid groups (broad SMARTS) is 1. The van der Waals surface area contributed by atoms with E-state index in [1.165, 1.54) is 0 Å². The summed E-state index contributed by atoms with van der Waals surface area (Å²) in [6.07, 6.45) is 0.741. The van der Waals surface area contributed by atoms with Crippen molar-refractivity contribution in [3.8, 4) is 0 Å². The third-order valence-corrected chi connectivity index (χ3v) is 3.76. The number of aryl methyl sites for hydroxylation is 2. The number of aliphatic carboxylic acids is 1. The van der Waals surface area contributed by atoms with Crippen LogP contribution in [0.15, 0.2) is 46.9 Å². The Balaban J connectivity index is 2.02. The molecule has 2 atom stereocenters. The SMILES string of the molecule is Cc1ccc(CCC(=O)N[C@H](c2ccccc2)[C@H](C)C(=O)O)o1. The van der Waals surface area contributed by atoms with E-state index in [1.807, 2.05) is 49.4 Å². The first-order valence-corrected chi connectivity index (χ1v) is 7.60. The van der Waals surface area contributed by atoms with E-state index in [2.05, 4.69) is 5.32 Å². The van der Waals surface area contributed by atoms with Gasteiger partial charge in [-0.3, -0.25) is 9.59 Å². The lowest BCUT2D eigenvalue weighted by Gasteiger charge is -2.23. The van der Waals surface area contributed by atoms with Gasteiger partial charge in [-0.05, 0) is 31.5 Å². The number of carbonyl (C=O) groups excluding carboxylic acids is 1. The van der Waals surface area contributed by atoms with Gasteiger partial charge in [0.1, 0.15) is 11.5 Å². The lowest BCUT2D eigenvalue weighted by Crippen LogP contribution is -2.35. The van der Waals surface area contributed by atoms with Gasteiger partial charge in [0, 0.05) is 12.8 Å². The van der Waals surface area contributed by atoms with Crippen molar-refractivity contribution in [1.82, 2.24) is 5.32 Å². The van der Waals surface area contributed by atoms with Gasteiger partial charge < -0.3 is 14.8 Å². The molecule has 0 aliphatic rings. The maximum Gasteiger partial charge on any atom is 0.308 e. The van der Waals surface area contributed by atoms with Crippen LogP contribution in [0.1, 0.15) is 36.5 Å². The monoisotopic (exact) mass is 315 g/mol. The molecule has 0 radical (unpaired) electrons. The maximum absolute atomic E-state index is 12.2. The average Bonchev–Trinajstić information content (AvgIpc) is 2.96. The number of amides is 1. The standard InChI is InChI=1S/C18H21NO4/c1-12-8-9-15(23-12)10-11-16(20)19-17(13(2)18(21)22)14-6-4-3-5-7-14/h3-9,13,17H,10-11H2,1-2H3,(H,19,20)(H,21,22)/t13-,17-/m0/s1. The molecule has 0 unspecified atom stereocenters. The quantitative estimate of drug-likeness (QED) is 0.823. The molecule has 23 heavy (non-hydrogen) atoms. The number of hydrogen-bond acceptors (Lipinski definition) is 3. The number of hydrogen-bond donors (Lipinski definition) is 2. The van der Waals surface area contributed by atoms with Crippen LogP contribution in [-0.4, -0.2) is 17.0 Å². The molecule has 0 aliphatic heterocycles. The van der Waals surface area contributed by atoms with E-state index in [0.29, 0.717) is 6.42 Å². The van der Waals surface area contributed by atoms with Gasteiger partial charge >= 0.3 is 5.97 Å². The van der Waals surface area contributed by atoms with Gasteiger partial charge in [-0.2, -0.15) is 0 Å². The first-order valence-electron chi connectivity index (χ1n) is 7.60. The maximum atomic E-state index is 12.2. The normalized spacial score (nSPS) is 13.3.